The highest BCUT2D eigenvalue weighted by molar-refractivity contribution is 6.28. The number of hydrogen-bond donors (Lipinski definition) is 1. The van der Waals surface area contributed by atoms with Crippen molar-refractivity contribution in [3.63, 3.8) is 0 Å². The van der Waals surface area contributed by atoms with Crippen molar-refractivity contribution in [2.45, 2.75) is 20.3 Å². The second-order valence-electron chi connectivity index (χ2n) is 8.15. The standard InChI is InChI=1S/C23H24N2O3/c1-14-9-15(2)12-25(11-14)13-21(26)24-16-7-8-19-20(10-16)23(28)18-6-4-3-5-17(18)22(19)27/h3-8,10,14-15H,9,11-13H2,1-2H3,(H,24,26). The molecule has 0 radical (unpaired) electrons. The molecule has 1 aliphatic heterocycles. The summed E-state index contributed by atoms with van der Waals surface area (Å²) in [6.45, 7) is 6.61. The average Bonchev–Trinajstić information content (AvgIpc) is 2.65. The van der Waals surface area contributed by atoms with E-state index in [9.17, 15) is 14.4 Å². The first-order valence-corrected chi connectivity index (χ1v) is 9.77. The van der Waals surface area contributed by atoms with Crippen LogP contribution < -0.4 is 5.32 Å². The Hall–Kier alpha value is -2.79. The van der Waals surface area contributed by atoms with Crippen LogP contribution in [-0.2, 0) is 4.79 Å². The van der Waals surface area contributed by atoms with Crippen LogP contribution in [-0.4, -0.2) is 42.0 Å². The third kappa shape index (κ3) is 3.50. The van der Waals surface area contributed by atoms with Gasteiger partial charge in [-0.25, -0.2) is 0 Å². The van der Waals surface area contributed by atoms with Crippen LogP contribution in [0.1, 0.15) is 52.1 Å². The van der Waals surface area contributed by atoms with E-state index in [0.717, 1.165) is 13.1 Å². The fourth-order valence-electron chi connectivity index (χ4n) is 4.50. The summed E-state index contributed by atoms with van der Waals surface area (Å²) >= 11 is 0. The van der Waals surface area contributed by atoms with E-state index in [1.807, 2.05) is 0 Å². The zero-order valence-electron chi connectivity index (χ0n) is 16.2. The summed E-state index contributed by atoms with van der Waals surface area (Å²) in [5, 5.41) is 2.88. The number of nitrogens with one attached hydrogen (secondary N) is 1. The molecule has 2 aliphatic rings. The van der Waals surface area contributed by atoms with Crippen molar-refractivity contribution in [3.8, 4) is 0 Å². The van der Waals surface area contributed by atoms with E-state index >= 15 is 0 Å². The smallest absolute Gasteiger partial charge is 0.238 e. The summed E-state index contributed by atoms with van der Waals surface area (Å²) in [5.41, 5.74) is 2.13. The number of nitrogens with zero attached hydrogens (tertiary/aromatic N) is 1. The number of hydrogen-bond acceptors (Lipinski definition) is 4. The number of rotatable bonds is 3. The SMILES string of the molecule is CC1CC(C)CN(CC(=O)Nc2ccc3c(c2)C(=O)c2ccccc2C3=O)C1. The molecule has 0 spiro atoms. The molecule has 2 atom stereocenters. The summed E-state index contributed by atoms with van der Waals surface area (Å²) in [6, 6.07) is 11.8. The highest BCUT2D eigenvalue weighted by Crippen LogP contribution is 2.29. The van der Waals surface area contributed by atoms with Crippen LogP contribution >= 0.6 is 0 Å². The van der Waals surface area contributed by atoms with Gasteiger partial charge in [0.1, 0.15) is 0 Å². The van der Waals surface area contributed by atoms with Crippen molar-refractivity contribution in [1.82, 2.24) is 4.90 Å². The van der Waals surface area contributed by atoms with Crippen molar-refractivity contribution in [1.29, 1.82) is 0 Å². The van der Waals surface area contributed by atoms with E-state index in [1.54, 1.807) is 42.5 Å². The molecule has 4 rings (SSSR count). The Balaban J connectivity index is 1.51. The van der Waals surface area contributed by atoms with Gasteiger partial charge in [0.25, 0.3) is 0 Å². The Bertz CT molecular complexity index is 956. The van der Waals surface area contributed by atoms with Crippen molar-refractivity contribution in [2.24, 2.45) is 11.8 Å². The lowest BCUT2D eigenvalue weighted by atomic mass is 9.84. The number of likely N-dealkylation sites (tertiary alicyclic amines) is 1. The quantitative estimate of drug-likeness (QED) is 0.761. The molecule has 0 saturated carbocycles. The zero-order valence-corrected chi connectivity index (χ0v) is 16.2. The Kier molecular flexibility index (Phi) is 4.85. The molecular weight excluding hydrogens is 352 g/mol. The molecule has 2 aromatic carbocycles. The summed E-state index contributed by atoms with van der Waals surface area (Å²) in [7, 11) is 0. The molecular formula is C23H24N2O3. The molecule has 0 aromatic heterocycles. The topological polar surface area (TPSA) is 66.5 Å². The van der Waals surface area contributed by atoms with Gasteiger partial charge in [0.2, 0.25) is 5.91 Å². The molecule has 1 heterocycles. The Morgan fingerprint density at radius 2 is 1.50 bits per heavy atom. The largest absolute Gasteiger partial charge is 0.325 e. The van der Waals surface area contributed by atoms with Gasteiger partial charge >= 0.3 is 0 Å². The number of anilines is 1. The molecule has 144 valence electrons. The zero-order chi connectivity index (χ0) is 19.8. The summed E-state index contributed by atoms with van der Waals surface area (Å²) in [5.74, 6) is 0.739. The highest BCUT2D eigenvalue weighted by atomic mass is 16.2. The monoisotopic (exact) mass is 376 g/mol. The van der Waals surface area contributed by atoms with Gasteiger partial charge in [0.15, 0.2) is 11.6 Å². The number of fused-ring (bicyclic) bond motifs is 2. The van der Waals surface area contributed by atoms with Crippen molar-refractivity contribution in [2.75, 3.05) is 25.0 Å². The summed E-state index contributed by atoms with van der Waals surface area (Å²) in [4.78, 5) is 40.2. The molecule has 1 fully saturated rings. The van der Waals surface area contributed by atoms with Gasteiger partial charge in [-0.15, -0.1) is 0 Å². The minimum atomic E-state index is -0.181. The lowest BCUT2D eigenvalue weighted by Crippen LogP contribution is -2.42. The van der Waals surface area contributed by atoms with E-state index in [1.165, 1.54) is 6.42 Å². The van der Waals surface area contributed by atoms with Crippen LogP contribution in [0.2, 0.25) is 0 Å². The van der Waals surface area contributed by atoms with Crippen LogP contribution in [0.5, 0.6) is 0 Å². The van der Waals surface area contributed by atoms with Crippen LogP contribution in [0.4, 0.5) is 5.69 Å². The minimum absolute atomic E-state index is 0.101. The van der Waals surface area contributed by atoms with Crippen LogP contribution in [0, 0.1) is 11.8 Å². The maximum atomic E-state index is 12.8. The normalized spacial score (nSPS) is 21.8. The van der Waals surface area contributed by atoms with Crippen molar-refractivity contribution >= 4 is 23.2 Å². The van der Waals surface area contributed by atoms with Gasteiger partial charge in [-0.1, -0.05) is 38.1 Å². The molecule has 1 N–H and O–H groups in total. The molecule has 5 nitrogen and oxygen atoms in total. The molecule has 1 amide bonds. The number of carbonyl (C=O) groups is 3. The Labute approximate surface area is 164 Å². The lowest BCUT2D eigenvalue weighted by molar-refractivity contribution is -0.117. The van der Waals surface area contributed by atoms with Crippen LogP contribution in [0.25, 0.3) is 0 Å². The van der Waals surface area contributed by atoms with E-state index in [4.69, 9.17) is 0 Å². The van der Waals surface area contributed by atoms with Crippen LogP contribution in [0.15, 0.2) is 42.5 Å². The third-order valence-electron chi connectivity index (χ3n) is 5.52. The van der Waals surface area contributed by atoms with Gasteiger partial charge < -0.3 is 5.32 Å². The van der Waals surface area contributed by atoms with E-state index in [2.05, 4.69) is 24.1 Å². The Morgan fingerprint density at radius 1 is 0.929 bits per heavy atom. The van der Waals surface area contributed by atoms with Gasteiger partial charge in [-0.2, -0.15) is 0 Å². The first kappa shape index (κ1) is 18.6. The summed E-state index contributed by atoms with van der Waals surface area (Å²) in [6.07, 6.45) is 1.19. The summed E-state index contributed by atoms with van der Waals surface area (Å²) < 4.78 is 0. The molecule has 0 bridgehead atoms. The van der Waals surface area contributed by atoms with Gasteiger partial charge in [-0.3, -0.25) is 19.3 Å². The average molecular weight is 376 g/mol. The lowest BCUT2D eigenvalue weighted by Gasteiger charge is -2.34. The van der Waals surface area contributed by atoms with Gasteiger partial charge in [0, 0.05) is 41.0 Å². The first-order chi connectivity index (χ1) is 13.4. The molecule has 1 aliphatic carbocycles. The number of benzene rings is 2. The van der Waals surface area contributed by atoms with Crippen molar-refractivity contribution < 1.29 is 14.4 Å². The molecule has 2 unspecified atom stereocenters. The number of carbonyl (C=O) groups excluding carboxylic acids is 3. The molecule has 5 heteroatoms. The second kappa shape index (κ2) is 7.32. The number of amides is 1. The predicted octanol–water partition coefficient (Wildman–Crippen LogP) is 3.38. The fraction of sp³-hybridized carbons (Fsp3) is 0.348. The van der Waals surface area contributed by atoms with E-state index in [-0.39, 0.29) is 17.5 Å². The minimum Gasteiger partial charge on any atom is -0.325 e. The maximum Gasteiger partial charge on any atom is 0.238 e. The van der Waals surface area contributed by atoms with Gasteiger partial charge in [-0.05, 0) is 36.5 Å². The van der Waals surface area contributed by atoms with E-state index < -0.39 is 0 Å². The maximum absolute atomic E-state index is 12.8. The van der Waals surface area contributed by atoms with Crippen LogP contribution in [0.3, 0.4) is 0 Å². The molecule has 1 saturated heterocycles. The number of piperidine rings is 1. The van der Waals surface area contributed by atoms with E-state index in [0.29, 0.717) is 46.3 Å². The third-order valence-corrected chi connectivity index (χ3v) is 5.52. The fourth-order valence-corrected chi connectivity index (χ4v) is 4.50. The van der Waals surface area contributed by atoms with Crippen molar-refractivity contribution in [3.05, 3.63) is 64.7 Å². The first-order valence-electron chi connectivity index (χ1n) is 9.77. The number of ketones is 2. The highest BCUT2D eigenvalue weighted by Gasteiger charge is 2.29. The molecule has 2 aromatic rings. The predicted molar refractivity (Wildman–Crippen MR) is 108 cm³/mol. The second-order valence-corrected chi connectivity index (χ2v) is 8.15. The van der Waals surface area contributed by atoms with Gasteiger partial charge in [0.05, 0.1) is 6.54 Å². The molecule has 28 heavy (non-hydrogen) atoms. The Morgan fingerprint density at radius 3 is 2.14 bits per heavy atom.